The van der Waals surface area contributed by atoms with Crippen LogP contribution >= 0.6 is 0 Å². The average Bonchev–Trinajstić information content (AvgIpc) is 2.62. The maximum absolute atomic E-state index is 12.7. The summed E-state index contributed by atoms with van der Waals surface area (Å²) >= 11 is 0. The van der Waals surface area contributed by atoms with Gasteiger partial charge in [-0.3, -0.25) is 19.7 Å². The number of nitrogens with two attached hydrogens (primary N) is 1. The maximum atomic E-state index is 12.7. The molecule has 7 heteroatoms. The summed E-state index contributed by atoms with van der Waals surface area (Å²) in [5, 5.41) is 10.7. The van der Waals surface area contributed by atoms with Gasteiger partial charge in [0.25, 0.3) is 11.6 Å². The summed E-state index contributed by atoms with van der Waals surface area (Å²) in [7, 11) is 0. The molecule has 0 spiro atoms. The molecular formula is C18H19N3O4. The number of rotatable bonds is 8. The van der Waals surface area contributed by atoms with Crippen LogP contribution in [0.1, 0.15) is 22.3 Å². The minimum absolute atomic E-state index is 0.0630. The van der Waals surface area contributed by atoms with E-state index in [-0.39, 0.29) is 24.6 Å². The van der Waals surface area contributed by atoms with Gasteiger partial charge in [-0.1, -0.05) is 30.3 Å². The summed E-state index contributed by atoms with van der Waals surface area (Å²) in [6, 6.07) is 15.1. The highest BCUT2D eigenvalue weighted by Crippen LogP contribution is 2.14. The minimum atomic E-state index is -0.519. The van der Waals surface area contributed by atoms with E-state index in [0.717, 1.165) is 5.56 Å². The second kappa shape index (κ2) is 8.58. The second-order valence-electron chi connectivity index (χ2n) is 5.55. The zero-order chi connectivity index (χ0) is 18.2. The van der Waals surface area contributed by atoms with Crippen molar-refractivity contribution < 1.29 is 14.5 Å². The molecule has 0 aromatic heterocycles. The first-order valence-corrected chi connectivity index (χ1v) is 7.83. The Morgan fingerprint density at radius 2 is 1.64 bits per heavy atom. The second-order valence-corrected chi connectivity index (χ2v) is 5.55. The van der Waals surface area contributed by atoms with Crippen LogP contribution in [-0.2, 0) is 11.2 Å². The van der Waals surface area contributed by atoms with E-state index < -0.39 is 10.8 Å². The van der Waals surface area contributed by atoms with Crippen LogP contribution in [0.3, 0.4) is 0 Å². The van der Waals surface area contributed by atoms with E-state index in [9.17, 15) is 19.7 Å². The molecule has 7 nitrogen and oxygen atoms in total. The predicted octanol–water partition coefficient (Wildman–Crippen LogP) is 2.16. The SMILES string of the molecule is NC(=O)CCN(CCc1ccccc1)C(=O)c1ccc([N+](=O)[O-])cc1. The molecule has 2 aromatic rings. The molecule has 0 fully saturated rings. The lowest BCUT2D eigenvalue weighted by Crippen LogP contribution is -2.35. The zero-order valence-corrected chi connectivity index (χ0v) is 13.6. The number of nitro benzene ring substituents is 1. The zero-order valence-electron chi connectivity index (χ0n) is 13.6. The van der Waals surface area contributed by atoms with Crippen molar-refractivity contribution >= 4 is 17.5 Å². The van der Waals surface area contributed by atoms with Crippen molar-refractivity contribution in [2.45, 2.75) is 12.8 Å². The lowest BCUT2D eigenvalue weighted by atomic mass is 10.1. The number of non-ortho nitro benzene ring substituents is 1. The molecule has 2 amide bonds. The Kier molecular flexibility index (Phi) is 6.22. The Bertz CT molecular complexity index is 745. The molecule has 0 aliphatic heterocycles. The summed E-state index contributed by atoms with van der Waals surface area (Å²) in [4.78, 5) is 35.5. The summed E-state index contributed by atoms with van der Waals surface area (Å²) in [5.74, 6) is -0.770. The normalized spacial score (nSPS) is 10.2. The van der Waals surface area contributed by atoms with Gasteiger partial charge in [0.2, 0.25) is 5.91 Å². The van der Waals surface area contributed by atoms with Crippen LogP contribution < -0.4 is 5.73 Å². The van der Waals surface area contributed by atoms with Crippen molar-refractivity contribution in [3.8, 4) is 0 Å². The first-order chi connectivity index (χ1) is 12.0. The lowest BCUT2D eigenvalue weighted by Gasteiger charge is -2.22. The first-order valence-electron chi connectivity index (χ1n) is 7.83. The third-order valence-corrected chi connectivity index (χ3v) is 3.75. The molecule has 0 aliphatic rings. The molecule has 0 aliphatic carbocycles. The highest BCUT2D eigenvalue weighted by atomic mass is 16.6. The summed E-state index contributed by atoms with van der Waals surface area (Å²) in [6.07, 6.45) is 0.700. The number of nitrogens with zero attached hydrogens (tertiary/aromatic N) is 2. The van der Waals surface area contributed by atoms with Gasteiger partial charge in [-0.05, 0) is 24.1 Å². The molecule has 2 rings (SSSR count). The van der Waals surface area contributed by atoms with Crippen LogP contribution in [0, 0.1) is 10.1 Å². The summed E-state index contributed by atoms with van der Waals surface area (Å²) < 4.78 is 0. The minimum Gasteiger partial charge on any atom is -0.370 e. The number of amides is 2. The van der Waals surface area contributed by atoms with E-state index in [1.807, 2.05) is 30.3 Å². The van der Waals surface area contributed by atoms with Gasteiger partial charge in [0.15, 0.2) is 0 Å². The van der Waals surface area contributed by atoms with Gasteiger partial charge in [0.05, 0.1) is 4.92 Å². The quantitative estimate of drug-likeness (QED) is 0.586. The molecule has 130 valence electrons. The van der Waals surface area contributed by atoms with Gasteiger partial charge >= 0.3 is 0 Å². The summed E-state index contributed by atoms with van der Waals surface area (Å²) in [5.41, 5.74) is 6.52. The maximum Gasteiger partial charge on any atom is 0.269 e. The van der Waals surface area contributed by atoms with Gasteiger partial charge in [-0.25, -0.2) is 0 Å². The van der Waals surface area contributed by atoms with Crippen molar-refractivity contribution in [2.24, 2.45) is 5.73 Å². The Balaban J connectivity index is 2.10. The van der Waals surface area contributed by atoms with E-state index in [2.05, 4.69) is 0 Å². The largest absolute Gasteiger partial charge is 0.370 e. The number of primary amides is 1. The van der Waals surface area contributed by atoms with Crippen molar-refractivity contribution in [2.75, 3.05) is 13.1 Å². The molecule has 0 radical (unpaired) electrons. The summed E-state index contributed by atoms with van der Waals surface area (Å²) in [6.45, 7) is 0.630. The van der Waals surface area contributed by atoms with Gasteiger partial charge in [-0.15, -0.1) is 0 Å². The van der Waals surface area contributed by atoms with E-state index >= 15 is 0 Å². The molecule has 0 saturated heterocycles. The van der Waals surface area contributed by atoms with E-state index in [1.54, 1.807) is 4.90 Å². The van der Waals surface area contributed by atoms with Crippen molar-refractivity contribution in [1.29, 1.82) is 0 Å². The molecule has 0 heterocycles. The molecule has 2 aromatic carbocycles. The standard InChI is InChI=1S/C18H19N3O4/c19-17(22)11-13-20(12-10-14-4-2-1-3-5-14)18(23)15-6-8-16(9-7-15)21(24)25/h1-9H,10-13H2,(H2,19,22). The number of hydrogen-bond acceptors (Lipinski definition) is 4. The molecule has 2 N–H and O–H groups in total. The Morgan fingerprint density at radius 3 is 2.20 bits per heavy atom. The van der Waals surface area contributed by atoms with Gasteiger partial charge in [-0.2, -0.15) is 0 Å². The number of nitro groups is 1. The van der Waals surface area contributed by atoms with E-state index in [0.29, 0.717) is 18.5 Å². The highest BCUT2D eigenvalue weighted by Gasteiger charge is 2.17. The van der Waals surface area contributed by atoms with Crippen LogP contribution in [0.5, 0.6) is 0 Å². The molecular weight excluding hydrogens is 322 g/mol. The van der Waals surface area contributed by atoms with Crippen LogP contribution in [0.2, 0.25) is 0 Å². The van der Waals surface area contributed by atoms with Crippen molar-refractivity contribution in [1.82, 2.24) is 4.90 Å². The number of carbonyl (C=O) groups is 2. The van der Waals surface area contributed by atoms with Gasteiger partial charge in [0, 0.05) is 37.2 Å². The third kappa shape index (κ3) is 5.42. The Labute approximate surface area is 145 Å². The molecule has 0 saturated carbocycles. The molecule has 25 heavy (non-hydrogen) atoms. The average molecular weight is 341 g/mol. The lowest BCUT2D eigenvalue weighted by molar-refractivity contribution is -0.384. The fourth-order valence-electron chi connectivity index (χ4n) is 2.38. The first kappa shape index (κ1) is 18.1. The van der Waals surface area contributed by atoms with Gasteiger partial charge < -0.3 is 10.6 Å². The number of hydrogen-bond donors (Lipinski definition) is 1. The fraction of sp³-hybridized carbons (Fsp3) is 0.222. The number of benzene rings is 2. The van der Waals surface area contributed by atoms with Gasteiger partial charge in [0.1, 0.15) is 0 Å². The third-order valence-electron chi connectivity index (χ3n) is 3.75. The molecule has 0 atom stereocenters. The van der Waals surface area contributed by atoms with Crippen LogP contribution in [0.15, 0.2) is 54.6 Å². The fourth-order valence-corrected chi connectivity index (χ4v) is 2.38. The van der Waals surface area contributed by atoms with Crippen molar-refractivity contribution in [3.63, 3.8) is 0 Å². The monoisotopic (exact) mass is 341 g/mol. The van der Waals surface area contributed by atoms with E-state index in [1.165, 1.54) is 24.3 Å². The van der Waals surface area contributed by atoms with E-state index in [4.69, 9.17) is 5.73 Å². The number of carbonyl (C=O) groups excluding carboxylic acids is 2. The molecule has 0 unspecified atom stereocenters. The smallest absolute Gasteiger partial charge is 0.269 e. The van der Waals surface area contributed by atoms with Crippen LogP contribution in [0.25, 0.3) is 0 Å². The Morgan fingerprint density at radius 1 is 1.00 bits per heavy atom. The van der Waals surface area contributed by atoms with Crippen LogP contribution in [-0.4, -0.2) is 34.7 Å². The Hall–Kier alpha value is -3.22. The molecule has 0 bridgehead atoms. The van der Waals surface area contributed by atoms with Crippen molar-refractivity contribution in [3.05, 3.63) is 75.8 Å². The highest BCUT2D eigenvalue weighted by molar-refractivity contribution is 5.94. The topological polar surface area (TPSA) is 107 Å². The van der Waals surface area contributed by atoms with Crippen LogP contribution in [0.4, 0.5) is 5.69 Å². The predicted molar refractivity (Wildman–Crippen MR) is 93.0 cm³/mol.